The van der Waals surface area contributed by atoms with Gasteiger partial charge in [0.2, 0.25) is 0 Å². The lowest BCUT2D eigenvalue weighted by Gasteiger charge is -2.21. The third-order valence-corrected chi connectivity index (χ3v) is 4.56. The SMILES string of the molecule is CC(=CCOCC(O)C(O)C(O)CO)CCCC(C)CCCC(C)C. The van der Waals surface area contributed by atoms with Crippen molar-refractivity contribution in [1.29, 1.82) is 0 Å². The number of aliphatic hydroxyl groups excluding tert-OH is 4. The predicted molar refractivity (Wildman–Crippen MR) is 101 cm³/mol. The van der Waals surface area contributed by atoms with E-state index in [1.54, 1.807) is 0 Å². The molecule has 0 rings (SSSR count). The Labute approximate surface area is 153 Å². The minimum atomic E-state index is -1.40. The van der Waals surface area contributed by atoms with Crippen LogP contribution in [-0.2, 0) is 4.74 Å². The van der Waals surface area contributed by atoms with Gasteiger partial charge in [0.05, 0.1) is 19.8 Å². The molecule has 0 aromatic heterocycles. The van der Waals surface area contributed by atoms with Gasteiger partial charge in [0, 0.05) is 0 Å². The van der Waals surface area contributed by atoms with Crippen LogP contribution in [0.5, 0.6) is 0 Å². The van der Waals surface area contributed by atoms with E-state index in [9.17, 15) is 15.3 Å². The first-order chi connectivity index (χ1) is 11.8. The maximum absolute atomic E-state index is 9.63. The molecule has 0 aliphatic carbocycles. The van der Waals surface area contributed by atoms with E-state index in [-0.39, 0.29) is 6.61 Å². The molecule has 0 saturated carbocycles. The molecular weight excluding hydrogens is 320 g/mol. The van der Waals surface area contributed by atoms with E-state index in [1.807, 2.05) is 6.08 Å². The molecular formula is C20H40O5. The molecule has 0 aliphatic rings. The summed E-state index contributed by atoms with van der Waals surface area (Å²) in [4.78, 5) is 0. The summed E-state index contributed by atoms with van der Waals surface area (Å²) < 4.78 is 5.31. The van der Waals surface area contributed by atoms with Crippen LogP contribution in [0.1, 0.15) is 66.2 Å². The fourth-order valence-corrected chi connectivity index (χ4v) is 2.70. The molecule has 0 saturated heterocycles. The first-order valence-corrected chi connectivity index (χ1v) is 9.66. The number of allylic oxidation sites excluding steroid dienone is 1. The molecule has 0 spiro atoms. The van der Waals surface area contributed by atoms with Crippen LogP contribution in [0.2, 0.25) is 0 Å². The van der Waals surface area contributed by atoms with Gasteiger partial charge >= 0.3 is 0 Å². The van der Waals surface area contributed by atoms with Gasteiger partial charge in [-0.3, -0.25) is 0 Å². The van der Waals surface area contributed by atoms with Gasteiger partial charge in [-0.05, 0) is 31.6 Å². The lowest BCUT2D eigenvalue weighted by atomic mass is 9.94. The fourth-order valence-electron chi connectivity index (χ4n) is 2.70. The van der Waals surface area contributed by atoms with E-state index in [0.717, 1.165) is 18.3 Å². The molecule has 4 atom stereocenters. The molecule has 0 aliphatic heterocycles. The monoisotopic (exact) mass is 360 g/mol. The molecule has 0 heterocycles. The molecule has 5 heteroatoms. The van der Waals surface area contributed by atoms with E-state index in [4.69, 9.17) is 9.84 Å². The molecule has 25 heavy (non-hydrogen) atoms. The predicted octanol–water partition coefficient (Wildman–Crippen LogP) is 2.66. The molecule has 4 N–H and O–H groups in total. The second-order valence-electron chi connectivity index (χ2n) is 7.72. The zero-order valence-corrected chi connectivity index (χ0v) is 16.5. The summed E-state index contributed by atoms with van der Waals surface area (Å²) in [6.45, 7) is 8.66. The van der Waals surface area contributed by atoms with E-state index >= 15 is 0 Å². The second kappa shape index (κ2) is 14.7. The molecule has 0 aromatic rings. The van der Waals surface area contributed by atoms with Crippen LogP contribution < -0.4 is 0 Å². The van der Waals surface area contributed by atoms with Crippen LogP contribution in [0, 0.1) is 11.8 Å². The maximum Gasteiger partial charge on any atom is 0.110 e. The second-order valence-corrected chi connectivity index (χ2v) is 7.72. The van der Waals surface area contributed by atoms with Crippen molar-refractivity contribution in [3.05, 3.63) is 11.6 Å². The van der Waals surface area contributed by atoms with Gasteiger partial charge < -0.3 is 25.2 Å². The fraction of sp³-hybridized carbons (Fsp3) is 0.900. The Balaban J connectivity index is 3.78. The van der Waals surface area contributed by atoms with Crippen molar-refractivity contribution in [3.63, 3.8) is 0 Å². The summed E-state index contributed by atoms with van der Waals surface area (Å²) in [6, 6.07) is 0. The normalized spacial score (nSPS) is 17.6. The van der Waals surface area contributed by atoms with Gasteiger partial charge in [-0.1, -0.05) is 58.1 Å². The Bertz CT molecular complexity index is 343. The van der Waals surface area contributed by atoms with Crippen LogP contribution in [0.25, 0.3) is 0 Å². The Morgan fingerprint density at radius 2 is 1.60 bits per heavy atom. The topological polar surface area (TPSA) is 90.2 Å². The molecule has 4 unspecified atom stereocenters. The molecule has 5 nitrogen and oxygen atoms in total. The average Bonchev–Trinajstić information content (AvgIpc) is 2.56. The van der Waals surface area contributed by atoms with Crippen molar-refractivity contribution >= 4 is 0 Å². The standard InChI is InChI=1S/C20H40O5/c1-15(2)7-5-8-16(3)9-6-10-17(4)11-12-25-14-19(23)20(24)18(22)13-21/h11,15-16,18-24H,5-10,12-14H2,1-4H3. The lowest BCUT2D eigenvalue weighted by molar-refractivity contribution is -0.0974. The van der Waals surface area contributed by atoms with Gasteiger partial charge in [0.1, 0.15) is 18.3 Å². The molecule has 150 valence electrons. The number of rotatable bonds is 15. The molecule has 0 fully saturated rings. The van der Waals surface area contributed by atoms with Crippen molar-refractivity contribution in [2.45, 2.75) is 84.5 Å². The number of hydrogen-bond donors (Lipinski definition) is 4. The van der Waals surface area contributed by atoms with Crippen molar-refractivity contribution in [2.24, 2.45) is 11.8 Å². The highest BCUT2D eigenvalue weighted by atomic mass is 16.5. The smallest absolute Gasteiger partial charge is 0.110 e. The first kappa shape index (κ1) is 24.5. The van der Waals surface area contributed by atoms with Crippen LogP contribution >= 0.6 is 0 Å². The third-order valence-electron chi connectivity index (χ3n) is 4.56. The largest absolute Gasteiger partial charge is 0.394 e. The summed E-state index contributed by atoms with van der Waals surface area (Å²) >= 11 is 0. The van der Waals surface area contributed by atoms with Gasteiger partial charge in [-0.25, -0.2) is 0 Å². The van der Waals surface area contributed by atoms with Crippen molar-refractivity contribution in [2.75, 3.05) is 19.8 Å². The van der Waals surface area contributed by atoms with E-state index in [2.05, 4.69) is 27.7 Å². The summed E-state index contributed by atoms with van der Waals surface area (Å²) in [7, 11) is 0. The Morgan fingerprint density at radius 1 is 0.960 bits per heavy atom. The number of ether oxygens (including phenoxy) is 1. The minimum Gasteiger partial charge on any atom is -0.394 e. The zero-order valence-electron chi connectivity index (χ0n) is 16.5. The Hall–Kier alpha value is -0.460. The summed E-state index contributed by atoms with van der Waals surface area (Å²) in [6.07, 6.45) is 5.45. The van der Waals surface area contributed by atoms with Gasteiger partial charge in [-0.2, -0.15) is 0 Å². The molecule has 0 amide bonds. The van der Waals surface area contributed by atoms with Crippen LogP contribution in [0.3, 0.4) is 0 Å². The van der Waals surface area contributed by atoms with Crippen molar-refractivity contribution in [1.82, 2.24) is 0 Å². The Kier molecular flexibility index (Phi) is 14.4. The number of aliphatic hydroxyl groups is 4. The maximum atomic E-state index is 9.63. The minimum absolute atomic E-state index is 0.0745. The summed E-state index contributed by atoms with van der Waals surface area (Å²) in [5.41, 5.74) is 1.26. The highest BCUT2D eigenvalue weighted by Crippen LogP contribution is 2.19. The van der Waals surface area contributed by atoms with Crippen LogP contribution in [-0.4, -0.2) is 58.6 Å². The van der Waals surface area contributed by atoms with Gasteiger partial charge in [0.15, 0.2) is 0 Å². The van der Waals surface area contributed by atoms with E-state index in [1.165, 1.54) is 37.7 Å². The van der Waals surface area contributed by atoms with Crippen molar-refractivity contribution < 1.29 is 25.2 Å². The molecule has 0 bridgehead atoms. The zero-order chi connectivity index (χ0) is 19.2. The van der Waals surface area contributed by atoms with E-state index < -0.39 is 24.9 Å². The van der Waals surface area contributed by atoms with Crippen LogP contribution in [0.4, 0.5) is 0 Å². The highest BCUT2D eigenvalue weighted by molar-refractivity contribution is 4.97. The van der Waals surface area contributed by atoms with Crippen molar-refractivity contribution in [3.8, 4) is 0 Å². The van der Waals surface area contributed by atoms with Gasteiger partial charge in [-0.15, -0.1) is 0 Å². The Morgan fingerprint density at radius 3 is 2.20 bits per heavy atom. The summed E-state index contributed by atoms with van der Waals surface area (Å²) in [5, 5.41) is 37.1. The molecule has 0 aromatic carbocycles. The first-order valence-electron chi connectivity index (χ1n) is 9.66. The average molecular weight is 361 g/mol. The van der Waals surface area contributed by atoms with Gasteiger partial charge in [0.25, 0.3) is 0 Å². The number of hydrogen-bond acceptors (Lipinski definition) is 5. The summed E-state index contributed by atoms with van der Waals surface area (Å²) in [5.74, 6) is 1.57. The molecule has 0 radical (unpaired) electrons. The third kappa shape index (κ3) is 13.4. The van der Waals surface area contributed by atoms with Crippen LogP contribution in [0.15, 0.2) is 11.6 Å². The highest BCUT2D eigenvalue weighted by Gasteiger charge is 2.23. The lowest BCUT2D eigenvalue weighted by Crippen LogP contribution is -2.41. The van der Waals surface area contributed by atoms with E-state index in [0.29, 0.717) is 6.61 Å². The quantitative estimate of drug-likeness (QED) is 0.266.